The van der Waals surface area contributed by atoms with Crippen LogP contribution >= 0.6 is 0 Å². The molecule has 0 unspecified atom stereocenters. The van der Waals surface area contributed by atoms with Crippen molar-refractivity contribution in [2.24, 2.45) is 7.05 Å². The Kier molecular flexibility index (Phi) is 3.63. The third-order valence-corrected chi connectivity index (χ3v) is 3.85. The molecule has 4 aromatic rings. The Morgan fingerprint density at radius 3 is 2.81 bits per heavy atom. The predicted molar refractivity (Wildman–Crippen MR) is 92.1 cm³/mol. The van der Waals surface area contributed by atoms with Gasteiger partial charge in [0.2, 0.25) is 0 Å². The van der Waals surface area contributed by atoms with E-state index in [9.17, 15) is 4.79 Å². The topological polar surface area (TPSA) is 114 Å². The summed E-state index contributed by atoms with van der Waals surface area (Å²) < 4.78 is 2.78. The Balaban J connectivity index is 1.80. The second-order valence-electron chi connectivity index (χ2n) is 5.46. The second kappa shape index (κ2) is 6.10. The van der Waals surface area contributed by atoms with Gasteiger partial charge < -0.3 is 5.32 Å². The number of aromatic nitrogens is 6. The zero-order valence-corrected chi connectivity index (χ0v) is 13.7. The van der Waals surface area contributed by atoms with Crippen LogP contribution in [0.4, 0.5) is 5.82 Å². The second-order valence-corrected chi connectivity index (χ2v) is 5.46. The van der Waals surface area contributed by atoms with Crippen LogP contribution in [-0.4, -0.2) is 35.3 Å². The normalized spacial score (nSPS) is 10.6. The third-order valence-electron chi connectivity index (χ3n) is 3.85. The minimum Gasteiger partial charge on any atom is -0.304 e. The number of rotatable bonds is 3. The molecule has 0 bridgehead atoms. The number of anilines is 1. The van der Waals surface area contributed by atoms with E-state index in [1.165, 1.54) is 21.7 Å². The zero-order valence-electron chi connectivity index (χ0n) is 13.7. The Bertz CT molecular complexity index is 1150. The van der Waals surface area contributed by atoms with Crippen LogP contribution in [0.1, 0.15) is 16.1 Å². The summed E-state index contributed by atoms with van der Waals surface area (Å²) in [5, 5.41) is 19.9. The van der Waals surface area contributed by atoms with Crippen molar-refractivity contribution in [3.05, 3.63) is 60.2 Å². The number of benzene rings is 1. The first-order valence-corrected chi connectivity index (χ1v) is 7.67. The average molecular weight is 344 g/mol. The van der Waals surface area contributed by atoms with Gasteiger partial charge in [-0.3, -0.25) is 9.48 Å². The average Bonchev–Trinajstić information content (AvgIpc) is 3.28. The van der Waals surface area contributed by atoms with Crippen molar-refractivity contribution in [1.29, 1.82) is 5.26 Å². The van der Waals surface area contributed by atoms with Gasteiger partial charge in [0, 0.05) is 12.6 Å². The highest BCUT2D eigenvalue weighted by atomic mass is 16.2. The molecule has 0 aliphatic heterocycles. The molecule has 3 heterocycles. The number of aryl methyl sites for hydroxylation is 1. The van der Waals surface area contributed by atoms with Crippen molar-refractivity contribution in [3.8, 4) is 17.3 Å². The number of amides is 1. The van der Waals surface area contributed by atoms with Gasteiger partial charge in [0.25, 0.3) is 11.7 Å². The zero-order chi connectivity index (χ0) is 18.1. The molecule has 3 aromatic heterocycles. The summed E-state index contributed by atoms with van der Waals surface area (Å²) in [6.07, 6.45) is 2.72. The number of nitrogens with zero attached hydrogens (tertiary/aromatic N) is 7. The molecule has 26 heavy (non-hydrogen) atoms. The Labute approximate surface area is 147 Å². The van der Waals surface area contributed by atoms with Crippen LogP contribution in [0.2, 0.25) is 0 Å². The smallest absolute Gasteiger partial charge is 0.275 e. The van der Waals surface area contributed by atoms with E-state index in [0.717, 1.165) is 5.56 Å². The quantitative estimate of drug-likeness (QED) is 0.604. The van der Waals surface area contributed by atoms with Crippen LogP contribution in [0.3, 0.4) is 0 Å². The fraction of sp³-hybridized carbons (Fsp3) is 0.0588. The summed E-state index contributed by atoms with van der Waals surface area (Å²) in [5.41, 5.74) is 1.97. The molecule has 0 spiro atoms. The van der Waals surface area contributed by atoms with E-state index in [4.69, 9.17) is 5.26 Å². The van der Waals surface area contributed by atoms with E-state index < -0.39 is 5.91 Å². The first-order valence-electron chi connectivity index (χ1n) is 7.67. The number of hydrogen-bond acceptors (Lipinski definition) is 6. The summed E-state index contributed by atoms with van der Waals surface area (Å²) in [7, 11) is 1.64. The van der Waals surface area contributed by atoms with E-state index >= 15 is 0 Å². The molecule has 0 fully saturated rings. The van der Waals surface area contributed by atoms with Crippen molar-refractivity contribution >= 4 is 17.5 Å². The van der Waals surface area contributed by atoms with Gasteiger partial charge in [0.05, 0.1) is 11.9 Å². The highest BCUT2D eigenvalue weighted by Crippen LogP contribution is 2.20. The molecule has 126 valence electrons. The van der Waals surface area contributed by atoms with Gasteiger partial charge >= 0.3 is 0 Å². The van der Waals surface area contributed by atoms with Crippen LogP contribution in [0.15, 0.2) is 48.9 Å². The summed E-state index contributed by atoms with van der Waals surface area (Å²) in [6, 6.07) is 13.1. The molecular weight excluding hydrogens is 332 g/mol. The lowest BCUT2D eigenvalue weighted by Crippen LogP contribution is -2.19. The third kappa shape index (κ3) is 2.55. The standard InChI is InChI=1S/C17H12N8O/c1-24-15(12(8-18)9-20-24)23-16(26)14-7-13(11-5-3-2-4-6-11)22-17-19-10-21-25(14)17/h2-7,9-10H,1H3,(H,23,26). The van der Waals surface area contributed by atoms with Crippen molar-refractivity contribution in [3.63, 3.8) is 0 Å². The number of nitrogens with one attached hydrogen (secondary N) is 1. The van der Waals surface area contributed by atoms with Crippen molar-refractivity contribution in [2.45, 2.75) is 0 Å². The molecule has 0 atom stereocenters. The maximum absolute atomic E-state index is 12.8. The molecule has 0 aliphatic rings. The summed E-state index contributed by atoms with van der Waals surface area (Å²) in [4.78, 5) is 21.4. The monoisotopic (exact) mass is 344 g/mol. The molecule has 0 radical (unpaired) electrons. The Morgan fingerprint density at radius 1 is 1.23 bits per heavy atom. The van der Waals surface area contributed by atoms with E-state index in [1.54, 1.807) is 13.1 Å². The minimum atomic E-state index is -0.444. The lowest BCUT2D eigenvalue weighted by molar-refractivity contribution is 0.101. The van der Waals surface area contributed by atoms with Crippen LogP contribution in [-0.2, 0) is 7.05 Å². The van der Waals surface area contributed by atoms with Crippen molar-refractivity contribution in [1.82, 2.24) is 29.4 Å². The molecule has 9 heteroatoms. The van der Waals surface area contributed by atoms with Crippen LogP contribution in [0.25, 0.3) is 17.0 Å². The van der Waals surface area contributed by atoms with Gasteiger partial charge in [-0.15, -0.1) is 0 Å². The van der Waals surface area contributed by atoms with Crippen molar-refractivity contribution < 1.29 is 4.79 Å². The molecular formula is C17H12N8O. The maximum atomic E-state index is 12.8. The predicted octanol–water partition coefficient (Wildman–Crippen LogP) is 1.65. The Morgan fingerprint density at radius 2 is 2.04 bits per heavy atom. The lowest BCUT2D eigenvalue weighted by atomic mass is 10.1. The van der Waals surface area contributed by atoms with Crippen LogP contribution < -0.4 is 5.32 Å². The molecule has 9 nitrogen and oxygen atoms in total. The lowest BCUT2D eigenvalue weighted by Gasteiger charge is -2.09. The molecule has 1 N–H and O–H groups in total. The molecule has 0 aliphatic carbocycles. The van der Waals surface area contributed by atoms with E-state index in [1.807, 2.05) is 36.4 Å². The summed E-state index contributed by atoms with van der Waals surface area (Å²) >= 11 is 0. The number of hydrogen-bond donors (Lipinski definition) is 1. The van der Waals surface area contributed by atoms with Gasteiger partial charge in [-0.2, -0.15) is 25.0 Å². The maximum Gasteiger partial charge on any atom is 0.275 e. The van der Waals surface area contributed by atoms with Gasteiger partial charge in [-0.05, 0) is 6.07 Å². The van der Waals surface area contributed by atoms with Crippen molar-refractivity contribution in [2.75, 3.05) is 5.32 Å². The van der Waals surface area contributed by atoms with Crippen LogP contribution in [0, 0.1) is 11.3 Å². The highest BCUT2D eigenvalue weighted by molar-refractivity contribution is 6.04. The number of carbonyl (C=O) groups is 1. The summed E-state index contributed by atoms with van der Waals surface area (Å²) in [6.45, 7) is 0. The molecule has 0 saturated heterocycles. The minimum absolute atomic E-state index is 0.247. The van der Waals surface area contributed by atoms with E-state index in [2.05, 4.69) is 25.5 Å². The van der Waals surface area contributed by atoms with Gasteiger partial charge in [-0.1, -0.05) is 30.3 Å². The van der Waals surface area contributed by atoms with E-state index in [-0.39, 0.29) is 11.3 Å². The number of fused-ring (bicyclic) bond motifs is 1. The molecule has 1 amide bonds. The van der Waals surface area contributed by atoms with E-state index in [0.29, 0.717) is 17.3 Å². The highest BCUT2D eigenvalue weighted by Gasteiger charge is 2.18. The number of carbonyl (C=O) groups excluding carboxylic acids is 1. The van der Waals surface area contributed by atoms with Gasteiger partial charge in [0.15, 0.2) is 0 Å². The fourth-order valence-electron chi connectivity index (χ4n) is 2.57. The fourth-order valence-corrected chi connectivity index (χ4v) is 2.57. The number of nitriles is 1. The summed E-state index contributed by atoms with van der Waals surface area (Å²) in [5.74, 6) is 0.172. The van der Waals surface area contributed by atoms with Gasteiger partial charge in [0.1, 0.15) is 29.5 Å². The Hall–Kier alpha value is -4.06. The molecule has 1 aromatic carbocycles. The first kappa shape index (κ1) is 15.5. The first-order chi connectivity index (χ1) is 12.7. The van der Waals surface area contributed by atoms with Crippen LogP contribution in [0.5, 0.6) is 0 Å². The SMILES string of the molecule is Cn1ncc(C#N)c1NC(=O)c1cc(-c2ccccc2)nc2ncnn12. The largest absolute Gasteiger partial charge is 0.304 e. The van der Waals surface area contributed by atoms with Gasteiger partial charge in [-0.25, -0.2) is 4.98 Å². The molecule has 0 saturated carbocycles. The molecule has 4 rings (SSSR count).